The van der Waals surface area contributed by atoms with Gasteiger partial charge in [-0.15, -0.1) is 0 Å². The zero-order valence-electron chi connectivity index (χ0n) is 14.1. The molecule has 5 rings (SSSR count). The lowest BCUT2D eigenvalue weighted by molar-refractivity contribution is 0.616. The van der Waals surface area contributed by atoms with E-state index in [1.807, 2.05) is 48.5 Å². The number of benzene rings is 3. The minimum Gasteiger partial charge on any atom is -0.436 e. The number of rotatable bonds is 3. The molecule has 0 atom stereocenters. The lowest BCUT2D eigenvalue weighted by Gasteiger charge is -2.03. The Bertz CT molecular complexity index is 1190. The summed E-state index contributed by atoms with van der Waals surface area (Å²) in [5, 5.41) is 0. The Morgan fingerprint density at radius 3 is 2.00 bits per heavy atom. The van der Waals surface area contributed by atoms with Crippen LogP contribution in [0.2, 0.25) is 0 Å². The smallest absolute Gasteiger partial charge is 0.246 e. The van der Waals surface area contributed by atoms with Gasteiger partial charge in [-0.1, -0.05) is 72.8 Å². The van der Waals surface area contributed by atoms with Crippen LogP contribution in [0.25, 0.3) is 33.6 Å². The maximum Gasteiger partial charge on any atom is 0.246 e. The predicted molar refractivity (Wildman–Crippen MR) is 104 cm³/mol. The van der Waals surface area contributed by atoms with Crippen LogP contribution in [0.1, 0.15) is 11.1 Å². The molecule has 0 fully saturated rings. The standard InChI is InChI=1S/C23H16N2O/c1-3-9-16(10-4-1)15-18-21-23(25-20-14-8-7-13-19(20)24-21)26-22(18)17-11-5-2-6-12-17/h1-14H,15H2. The summed E-state index contributed by atoms with van der Waals surface area (Å²) in [4.78, 5) is 9.56. The summed E-state index contributed by atoms with van der Waals surface area (Å²) in [6.07, 6.45) is 0.755. The van der Waals surface area contributed by atoms with Gasteiger partial charge in [0, 0.05) is 17.5 Å². The van der Waals surface area contributed by atoms with Gasteiger partial charge >= 0.3 is 0 Å². The molecule has 0 unspecified atom stereocenters. The Morgan fingerprint density at radius 1 is 0.654 bits per heavy atom. The summed E-state index contributed by atoms with van der Waals surface area (Å²) < 4.78 is 6.19. The number of fused-ring (bicyclic) bond motifs is 2. The lowest BCUT2D eigenvalue weighted by Crippen LogP contribution is -1.92. The lowest BCUT2D eigenvalue weighted by atomic mass is 10.0. The molecule has 0 amide bonds. The van der Waals surface area contributed by atoms with Crippen LogP contribution >= 0.6 is 0 Å². The maximum atomic E-state index is 6.19. The molecule has 0 bridgehead atoms. The Hall–Kier alpha value is -3.46. The number of nitrogens with zero attached hydrogens (tertiary/aromatic N) is 2. The second-order valence-electron chi connectivity index (χ2n) is 6.30. The Labute approximate surface area is 151 Å². The van der Waals surface area contributed by atoms with Crippen molar-refractivity contribution in [3.05, 3.63) is 96.1 Å². The first-order valence-corrected chi connectivity index (χ1v) is 8.66. The quantitative estimate of drug-likeness (QED) is 0.428. The highest BCUT2D eigenvalue weighted by Gasteiger charge is 2.19. The van der Waals surface area contributed by atoms with Crippen LogP contribution in [0.5, 0.6) is 0 Å². The first-order chi connectivity index (χ1) is 12.9. The van der Waals surface area contributed by atoms with Gasteiger partial charge in [-0.25, -0.2) is 9.97 Å². The number of hydrogen-bond donors (Lipinski definition) is 0. The fourth-order valence-corrected chi connectivity index (χ4v) is 3.30. The molecule has 0 saturated carbocycles. The van der Waals surface area contributed by atoms with Crippen molar-refractivity contribution in [2.24, 2.45) is 0 Å². The van der Waals surface area contributed by atoms with Crippen molar-refractivity contribution in [1.82, 2.24) is 9.97 Å². The fourth-order valence-electron chi connectivity index (χ4n) is 3.30. The molecule has 3 aromatic carbocycles. The van der Waals surface area contributed by atoms with Crippen LogP contribution in [-0.4, -0.2) is 9.97 Å². The average molecular weight is 336 g/mol. The molecule has 5 aromatic rings. The normalized spacial score (nSPS) is 11.2. The van der Waals surface area contributed by atoms with Gasteiger partial charge in [0.15, 0.2) is 0 Å². The third-order valence-electron chi connectivity index (χ3n) is 4.56. The molecule has 0 radical (unpaired) electrons. The minimum absolute atomic E-state index is 0.591. The summed E-state index contributed by atoms with van der Waals surface area (Å²) in [5.74, 6) is 0.847. The van der Waals surface area contributed by atoms with Crippen molar-refractivity contribution in [1.29, 1.82) is 0 Å². The van der Waals surface area contributed by atoms with E-state index in [0.717, 1.165) is 39.9 Å². The van der Waals surface area contributed by atoms with Gasteiger partial charge in [0.25, 0.3) is 0 Å². The van der Waals surface area contributed by atoms with Crippen LogP contribution in [0, 0.1) is 0 Å². The van der Waals surface area contributed by atoms with Crippen molar-refractivity contribution in [2.45, 2.75) is 6.42 Å². The fraction of sp³-hybridized carbons (Fsp3) is 0.0435. The van der Waals surface area contributed by atoms with E-state index in [9.17, 15) is 0 Å². The van der Waals surface area contributed by atoms with Crippen LogP contribution in [-0.2, 0) is 6.42 Å². The number of para-hydroxylation sites is 2. The largest absolute Gasteiger partial charge is 0.436 e. The predicted octanol–water partition coefficient (Wildman–Crippen LogP) is 5.63. The van der Waals surface area contributed by atoms with E-state index in [0.29, 0.717) is 5.71 Å². The molecule has 0 aliphatic carbocycles. The number of aromatic nitrogens is 2. The third kappa shape index (κ3) is 2.54. The minimum atomic E-state index is 0.591. The zero-order valence-corrected chi connectivity index (χ0v) is 14.1. The number of hydrogen-bond acceptors (Lipinski definition) is 3. The van der Waals surface area contributed by atoms with Crippen molar-refractivity contribution < 1.29 is 4.42 Å². The Balaban J connectivity index is 1.78. The molecule has 0 N–H and O–H groups in total. The van der Waals surface area contributed by atoms with Gasteiger partial charge in [0.05, 0.1) is 11.0 Å². The highest BCUT2D eigenvalue weighted by atomic mass is 16.3. The van der Waals surface area contributed by atoms with Crippen LogP contribution < -0.4 is 0 Å². The first-order valence-electron chi connectivity index (χ1n) is 8.66. The molecule has 0 aliphatic heterocycles. The van der Waals surface area contributed by atoms with Crippen molar-refractivity contribution in [2.75, 3.05) is 0 Å². The van der Waals surface area contributed by atoms with Gasteiger partial charge in [0.2, 0.25) is 5.71 Å². The van der Waals surface area contributed by atoms with E-state index < -0.39 is 0 Å². The Kier molecular flexibility index (Phi) is 3.49. The molecule has 26 heavy (non-hydrogen) atoms. The van der Waals surface area contributed by atoms with E-state index in [-0.39, 0.29) is 0 Å². The summed E-state index contributed by atoms with van der Waals surface area (Å²) in [7, 11) is 0. The van der Waals surface area contributed by atoms with E-state index in [4.69, 9.17) is 14.4 Å². The molecule has 0 spiro atoms. The van der Waals surface area contributed by atoms with Gasteiger partial charge in [-0.05, 0) is 17.7 Å². The van der Waals surface area contributed by atoms with Crippen molar-refractivity contribution in [3.8, 4) is 11.3 Å². The molecule has 3 nitrogen and oxygen atoms in total. The van der Waals surface area contributed by atoms with Crippen LogP contribution in [0.3, 0.4) is 0 Å². The summed E-state index contributed by atoms with van der Waals surface area (Å²) in [5.41, 5.74) is 6.51. The molecule has 2 aromatic heterocycles. The van der Waals surface area contributed by atoms with Gasteiger partial charge in [-0.3, -0.25) is 0 Å². The molecule has 0 aliphatic rings. The highest BCUT2D eigenvalue weighted by Crippen LogP contribution is 2.34. The molecular formula is C23H16N2O. The van der Waals surface area contributed by atoms with Gasteiger partial charge in [-0.2, -0.15) is 0 Å². The summed E-state index contributed by atoms with van der Waals surface area (Å²) in [6.45, 7) is 0. The number of furan rings is 1. The van der Waals surface area contributed by atoms with Crippen LogP contribution in [0.4, 0.5) is 0 Å². The van der Waals surface area contributed by atoms with Crippen molar-refractivity contribution >= 4 is 22.3 Å². The molecule has 3 heteroatoms. The van der Waals surface area contributed by atoms with E-state index >= 15 is 0 Å². The van der Waals surface area contributed by atoms with Crippen molar-refractivity contribution in [3.63, 3.8) is 0 Å². The topological polar surface area (TPSA) is 38.9 Å². The average Bonchev–Trinajstić information content (AvgIpc) is 3.05. The highest BCUT2D eigenvalue weighted by molar-refractivity contribution is 5.89. The molecule has 2 heterocycles. The van der Waals surface area contributed by atoms with E-state index in [1.165, 1.54) is 5.56 Å². The van der Waals surface area contributed by atoms with E-state index in [2.05, 4.69) is 36.4 Å². The SMILES string of the molecule is c1ccc(Cc2c(-c3ccccc3)oc3nc4ccccc4nc23)cc1. The zero-order chi connectivity index (χ0) is 17.3. The molecule has 0 saturated heterocycles. The Morgan fingerprint density at radius 2 is 1.27 bits per heavy atom. The molecular weight excluding hydrogens is 320 g/mol. The molecule has 124 valence electrons. The van der Waals surface area contributed by atoms with Gasteiger partial charge < -0.3 is 4.42 Å². The maximum absolute atomic E-state index is 6.19. The second kappa shape index (κ2) is 6.12. The summed E-state index contributed by atoms with van der Waals surface area (Å²) >= 11 is 0. The third-order valence-corrected chi connectivity index (χ3v) is 4.56. The van der Waals surface area contributed by atoms with Crippen LogP contribution in [0.15, 0.2) is 89.3 Å². The van der Waals surface area contributed by atoms with Gasteiger partial charge in [0.1, 0.15) is 11.3 Å². The first kappa shape index (κ1) is 14.8. The summed E-state index contributed by atoms with van der Waals surface area (Å²) in [6, 6.07) is 28.5. The second-order valence-corrected chi connectivity index (χ2v) is 6.30. The van der Waals surface area contributed by atoms with E-state index in [1.54, 1.807) is 0 Å². The monoisotopic (exact) mass is 336 g/mol.